The molecule has 0 atom stereocenters. The summed E-state index contributed by atoms with van der Waals surface area (Å²) in [5, 5.41) is 14.0. The Hall–Kier alpha value is -1.85. The van der Waals surface area contributed by atoms with Gasteiger partial charge in [-0.15, -0.1) is 0 Å². The lowest BCUT2D eigenvalue weighted by atomic mass is 9.95. The van der Waals surface area contributed by atoms with Crippen LogP contribution in [0.5, 0.6) is 0 Å². The van der Waals surface area contributed by atoms with Crippen molar-refractivity contribution in [2.75, 3.05) is 11.1 Å². The van der Waals surface area contributed by atoms with E-state index in [0.717, 1.165) is 12.8 Å². The van der Waals surface area contributed by atoms with Crippen LogP contribution in [0.25, 0.3) is 0 Å². The number of hydrogen-bond acceptors (Lipinski definition) is 5. The van der Waals surface area contributed by atoms with Crippen molar-refractivity contribution in [3.8, 4) is 0 Å². The van der Waals surface area contributed by atoms with Crippen molar-refractivity contribution >= 4 is 17.3 Å². The fourth-order valence-corrected chi connectivity index (χ4v) is 1.42. The van der Waals surface area contributed by atoms with E-state index in [1.54, 1.807) is 0 Å². The third-order valence-electron chi connectivity index (χ3n) is 3.07. The molecular weight excluding hydrogens is 220 g/mol. The first-order chi connectivity index (χ1) is 7.91. The minimum Gasteiger partial charge on any atom is -0.384 e. The number of anilines is 2. The van der Waals surface area contributed by atoms with E-state index in [4.69, 9.17) is 5.73 Å². The van der Waals surface area contributed by atoms with Gasteiger partial charge >= 0.3 is 5.69 Å². The number of nitrogens with two attached hydrogens (primary N) is 1. The summed E-state index contributed by atoms with van der Waals surface area (Å²) in [6.07, 6.45) is 1.69. The van der Waals surface area contributed by atoms with Crippen LogP contribution in [0.2, 0.25) is 0 Å². The van der Waals surface area contributed by atoms with Crippen LogP contribution in [0.15, 0.2) is 12.1 Å². The minimum atomic E-state index is -0.458. The summed E-state index contributed by atoms with van der Waals surface area (Å²) < 4.78 is 0. The first-order valence-electron chi connectivity index (χ1n) is 5.61. The van der Waals surface area contributed by atoms with Gasteiger partial charge in [-0.3, -0.25) is 10.1 Å². The van der Waals surface area contributed by atoms with E-state index in [-0.39, 0.29) is 22.9 Å². The van der Waals surface area contributed by atoms with Gasteiger partial charge in [0.05, 0.1) is 4.92 Å². The Morgan fingerprint density at radius 2 is 2.06 bits per heavy atom. The molecule has 0 amide bonds. The Kier molecular flexibility index (Phi) is 3.88. The second kappa shape index (κ2) is 4.99. The summed E-state index contributed by atoms with van der Waals surface area (Å²) in [4.78, 5) is 14.4. The van der Waals surface area contributed by atoms with E-state index in [2.05, 4.69) is 10.3 Å². The minimum absolute atomic E-state index is 0.0488. The first kappa shape index (κ1) is 13.2. The lowest BCUT2D eigenvalue weighted by Gasteiger charge is -2.28. The maximum absolute atomic E-state index is 10.9. The second-order valence-electron chi connectivity index (χ2n) is 4.25. The van der Waals surface area contributed by atoms with Gasteiger partial charge in [-0.25, -0.2) is 4.98 Å². The van der Waals surface area contributed by atoms with Gasteiger partial charge in [-0.2, -0.15) is 0 Å². The van der Waals surface area contributed by atoms with Crippen LogP contribution in [0.4, 0.5) is 17.3 Å². The van der Waals surface area contributed by atoms with E-state index in [1.807, 2.05) is 20.8 Å². The molecule has 0 aromatic carbocycles. The highest BCUT2D eigenvalue weighted by Crippen LogP contribution is 2.28. The molecule has 0 saturated carbocycles. The van der Waals surface area contributed by atoms with Gasteiger partial charge in [0, 0.05) is 11.6 Å². The lowest BCUT2D eigenvalue weighted by Crippen LogP contribution is -2.33. The summed E-state index contributed by atoms with van der Waals surface area (Å²) in [5.74, 6) is 0.508. The average molecular weight is 238 g/mol. The van der Waals surface area contributed by atoms with Crippen molar-refractivity contribution in [1.29, 1.82) is 0 Å². The summed E-state index contributed by atoms with van der Waals surface area (Å²) in [5.41, 5.74) is 5.29. The maximum atomic E-state index is 10.9. The van der Waals surface area contributed by atoms with Crippen LogP contribution in [-0.4, -0.2) is 15.4 Å². The Morgan fingerprint density at radius 3 is 2.53 bits per heavy atom. The van der Waals surface area contributed by atoms with Crippen LogP contribution in [-0.2, 0) is 0 Å². The number of nitrogens with zero attached hydrogens (tertiary/aromatic N) is 2. The molecule has 0 unspecified atom stereocenters. The highest BCUT2D eigenvalue weighted by molar-refractivity contribution is 5.60. The monoisotopic (exact) mass is 238 g/mol. The predicted octanol–water partition coefficient (Wildman–Crippen LogP) is 2.56. The Labute approximate surface area is 100 Å². The molecule has 1 aromatic rings. The molecule has 0 aliphatic rings. The Bertz CT molecular complexity index is 416. The SMILES string of the molecule is CCC(C)(CC)Nc1nc(N)ccc1[N+](=O)[O-]. The molecule has 1 aromatic heterocycles. The van der Waals surface area contributed by atoms with E-state index >= 15 is 0 Å². The molecular formula is C11H18N4O2. The molecule has 3 N–H and O–H groups in total. The van der Waals surface area contributed by atoms with Crippen molar-refractivity contribution in [2.45, 2.75) is 39.2 Å². The smallest absolute Gasteiger partial charge is 0.311 e. The first-order valence-corrected chi connectivity index (χ1v) is 5.61. The fraction of sp³-hybridized carbons (Fsp3) is 0.545. The van der Waals surface area contributed by atoms with Crippen molar-refractivity contribution in [2.24, 2.45) is 0 Å². The molecule has 1 rings (SSSR count). The molecule has 0 aliphatic carbocycles. The fourth-order valence-electron chi connectivity index (χ4n) is 1.42. The van der Waals surface area contributed by atoms with Crippen molar-refractivity contribution in [3.63, 3.8) is 0 Å². The van der Waals surface area contributed by atoms with Gasteiger partial charge < -0.3 is 11.1 Å². The van der Waals surface area contributed by atoms with Crippen LogP contribution in [0.3, 0.4) is 0 Å². The van der Waals surface area contributed by atoms with Crippen LogP contribution in [0.1, 0.15) is 33.6 Å². The van der Waals surface area contributed by atoms with Gasteiger partial charge in [0.1, 0.15) is 5.82 Å². The van der Waals surface area contributed by atoms with Crippen LogP contribution < -0.4 is 11.1 Å². The molecule has 0 radical (unpaired) electrons. The lowest BCUT2D eigenvalue weighted by molar-refractivity contribution is -0.384. The van der Waals surface area contributed by atoms with E-state index in [9.17, 15) is 10.1 Å². The largest absolute Gasteiger partial charge is 0.384 e. The predicted molar refractivity (Wildman–Crippen MR) is 67.9 cm³/mol. The molecule has 17 heavy (non-hydrogen) atoms. The molecule has 0 fully saturated rings. The number of rotatable bonds is 5. The molecule has 0 aliphatic heterocycles. The zero-order valence-corrected chi connectivity index (χ0v) is 10.4. The number of hydrogen-bond donors (Lipinski definition) is 2. The third-order valence-corrected chi connectivity index (χ3v) is 3.07. The number of nitrogens with one attached hydrogen (secondary N) is 1. The van der Waals surface area contributed by atoms with Gasteiger partial charge in [0.25, 0.3) is 0 Å². The summed E-state index contributed by atoms with van der Waals surface area (Å²) >= 11 is 0. The average Bonchev–Trinajstić information content (AvgIpc) is 2.28. The van der Waals surface area contributed by atoms with E-state index < -0.39 is 4.92 Å². The van der Waals surface area contributed by atoms with Gasteiger partial charge in [0.15, 0.2) is 0 Å². The molecule has 6 nitrogen and oxygen atoms in total. The number of nitro groups is 1. The molecule has 0 saturated heterocycles. The molecule has 94 valence electrons. The zero-order chi connectivity index (χ0) is 13.1. The molecule has 6 heteroatoms. The zero-order valence-electron chi connectivity index (χ0n) is 10.4. The van der Waals surface area contributed by atoms with Crippen molar-refractivity contribution in [1.82, 2.24) is 4.98 Å². The Morgan fingerprint density at radius 1 is 1.47 bits per heavy atom. The van der Waals surface area contributed by atoms with Crippen LogP contribution in [0, 0.1) is 10.1 Å². The molecule has 0 bridgehead atoms. The molecule has 0 spiro atoms. The standard InChI is InChI=1S/C11H18N4O2/c1-4-11(3,5-2)14-10-8(15(16)17)6-7-9(12)13-10/h6-7H,4-5H2,1-3H3,(H3,12,13,14). The highest BCUT2D eigenvalue weighted by Gasteiger charge is 2.24. The van der Waals surface area contributed by atoms with Gasteiger partial charge in [-0.05, 0) is 25.8 Å². The van der Waals surface area contributed by atoms with Gasteiger partial charge in [0.2, 0.25) is 5.82 Å². The van der Waals surface area contributed by atoms with E-state index in [1.165, 1.54) is 12.1 Å². The van der Waals surface area contributed by atoms with Crippen molar-refractivity contribution < 1.29 is 4.92 Å². The number of aromatic nitrogens is 1. The maximum Gasteiger partial charge on any atom is 0.311 e. The topological polar surface area (TPSA) is 94.1 Å². The Balaban J connectivity index is 3.12. The quantitative estimate of drug-likeness (QED) is 0.607. The number of pyridine rings is 1. The third kappa shape index (κ3) is 3.05. The normalized spacial score (nSPS) is 11.2. The molecule has 1 heterocycles. The summed E-state index contributed by atoms with van der Waals surface area (Å²) in [7, 11) is 0. The van der Waals surface area contributed by atoms with Crippen LogP contribution >= 0.6 is 0 Å². The van der Waals surface area contributed by atoms with E-state index in [0.29, 0.717) is 0 Å². The summed E-state index contributed by atoms with van der Waals surface area (Å²) in [6, 6.07) is 2.80. The van der Waals surface area contributed by atoms with Gasteiger partial charge in [-0.1, -0.05) is 13.8 Å². The second-order valence-corrected chi connectivity index (χ2v) is 4.25. The summed E-state index contributed by atoms with van der Waals surface area (Å²) in [6.45, 7) is 6.05. The highest BCUT2D eigenvalue weighted by atomic mass is 16.6. The van der Waals surface area contributed by atoms with Crippen molar-refractivity contribution in [3.05, 3.63) is 22.2 Å². The number of nitrogen functional groups attached to an aromatic ring is 1.